The van der Waals surface area contributed by atoms with Crippen LogP contribution in [-0.4, -0.2) is 57.4 Å². The van der Waals surface area contributed by atoms with Gasteiger partial charge in [-0.15, -0.1) is 0 Å². The van der Waals surface area contributed by atoms with E-state index in [1.807, 2.05) is 0 Å². The fourth-order valence-corrected chi connectivity index (χ4v) is 1.66. The molecule has 0 bridgehead atoms. The second-order valence-electron chi connectivity index (χ2n) is 3.57. The average Bonchev–Trinajstić information content (AvgIpc) is 2.07. The molecule has 0 unspecified atom stereocenters. The van der Waals surface area contributed by atoms with Gasteiger partial charge in [-0.1, -0.05) is 0 Å². The molecule has 0 aromatic heterocycles. The predicted molar refractivity (Wildman–Crippen MR) is 48.4 cm³/mol. The van der Waals surface area contributed by atoms with E-state index >= 15 is 0 Å². The topological polar surface area (TPSA) is 81.1 Å². The molecule has 6 nitrogen and oxygen atoms in total. The summed E-state index contributed by atoms with van der Waals surface area (Å²) in [6.45, 7) is 3.89. The monoisotopic (exact) mass is 202 g/mol. The fourth-order valence-electron chi connectivity index (χ4n) is 1.66. The summed E-state index contributed by atoms with van der Waals surface area (Å²) in [5, 5.41) is 17.6. The van der Waals surface area contributed by atoms with Gasteiger partial charge in [0, 0.05) is 13.1 Å². The minimum Gasteiger partial charge on any atom is -0.465 e. The molecule has 0 saturated carbocycles. The SMILES string of the molecule is C[C@@H]1CN(C(=O)O)[C@@H](C)CN1C(=O)O. The molecule has 0 aromatic rings. The van der Waals surface area contributed by atoms with E-state index in [4.69, 9.17) is 10.2 Å². The van der Waals surface area contributed by atoms with Gasteiger partial charge in [0.05, 0.1) is 12.1 Å². The molecule has 1 aliphatic heterocycles. The minimum absolute atomic E-state index is 0.239. The zero-order valence-corrected chi connectivity index (χ0v) is 8.17. The molecule has 1 rings (SSSR count). The average molecular weight is 202 g/mol. The van der Waals surface area contributed by atoms with E-state index in [0.29, 0.717) is 0 Å². The number of carboxylic acid groups (broad SMARTS) is 2. The third kappa shape index (κ3) is 1.89. The van der Waals surface area contributed by atoms with Crippen LogP contribution in [0.15, 0.2) is 0 Å². The Hall–Kier alpha value is -1.46. The molecule has 1 saturated heterocycles. The van der Waals surface area contributed by atoms with Crippen LogP contribution in [0, 0.1) is 0 Å². The fraction of sp³-hybridized carbons (Fsp3) is 0.750. The van der Waals surface area contributed by atoms with Gasteiger partial charge in [0.2, 0.25) is 0 Å². The van der Waals surface area contributed by atoms with Crippen LogP contribution in [-0.2, 0) is 0 Å². The van der Waals surface area contributed by atoms with Crippen LogP contribution in [0.1, 0.15) is 13.8 Å². The standard InChI is InChI=1S/C8H14N2O4/c1-5-3-10(8(13)14)6(2)4-9(5)7(11)12/h5-6H,3-4H2,1-2H3,(H,11,12)(H,13,14)/t5-,6+. The summed E-state index contributed by atoms with van der Waals surface area (Å²) in [6, 6.07) is -0.556. The highest BCUT2D eigenvalue weighted by Gasteiger charge is 2.34. The van der Waals surface area contributed by atoms with Crippen LogP contribution in [0.3, 0.4) is 0 Å². The molecule has 0 spiro atoms. The Morgan fingerprint density at radius 1 is 1.00 bits per heavy atom. The third-order valence-electron chi connectivity index (χ3n) is 2.48. The van der Waals surface area contributed by atoms with Crippen LogP contribution in [0.2, 0.25) is 0 Å². The zero-order chi connectivity index (χ0) is 10.9. The van der Waals surface area contributed by atoms with Crippen molar-refractivity contribution < 1.29 is 19.8 Å². The summed E-state index contributed by atoms with van der Waals surface area (Å²) in [7, 11) is 0. The lowest BCUT2D eigenvalue weighted by atomic mass is 10.1. The van der Waals surface area contributed by atoms with Gasteiger partial charge in [-0.05, 0) is 13.8 Å². The largest absolute Gasteiger partial charge is 0.465 e. The van der Waals surface area contributed by atoms with Crippen molar-refractivity contribution >= 4 is 12.2 Å². The Balaban J connectivity index is 2.71. The van der Waals surface area contributed by atoms with Crippen LogP contribution in [0.25, 0.3) is 0 Å². The molecule has 80 valence electrons. The van der Waals surface area contributed by atoms with Crippen molar-refractivity contribution in [1.29, 1.82) is 0 Å². The van der Waals surface area contributed by atoms with Gasteiger partial charge in [0.1, 0.15) is 0 Å². The molecule has 1 aliphatic rings. The first kappa shape index (κ1) is 10.6. The van der Waals surface area contributed by atoms with Crippen molar-refractivity contribution in [2.24, 2.45) is 0 Å². The Morgan fingerprint density at radius 2 is 1.29 bits per heavy atom. The Bertz CT molecular complexity index is 230. The number of amides is 2. The highest BCUT2D eigenvalue weighted by molar-refractivity contribution is 5.68. The summed E-state index contributed by atoms with van der Waals surface area (Å²) >= 11 is 0. The lowest BCUT2D eigenvalue weighted by molar-refractivity contribution is 0.0439. The Labute approximate surface area is 81.7 Å². The summed E-state index contributed by atoms with van der Waals surface area (Å²) in [5.74, 6) is 0. The maximum atomic E-state index is 10.7. The van der Waals surface area contributed by atoms with Gasteiger partial charge < -0.3 is 20.0 Å². The smallest absolute Gasteiger partial charge is 0.407 e. The first-order chi connectivity index (χ1) is 6.43. The van der Waals surface area contributed by atoms with E-state index in [0.717, 1.165) is 0 Å². The number of hydrogen-bond acceptors (Lipinski definition) is 2. The number of carbonyl (C=O) groups is 2. The molecule has 2 amide bonds. The zero-order valence-electron chi connectivity index (χ0n) is 8.17. The van der Waals surface area contributed by atoms with E-state index in [2.05, 4.69) is 0 Å². The molecule has 1 heterocycles. The van der Waals surface area contributed by atoms with Crippen LogP contribution < -0.4 is 0 Å². The molecule has 1 fully saturated rings. The second-order valence-corrected chi connectivity index (χ2v) is 3.57. The van der Waals surface area contributed by atoms with Crippen molar-refractivity contribution in [3.8, 4) is 0 Å². The summed E-state index contributed by atoms with van der Waals surface area (Å²) in [4.78, 5) is 24.0. The van der Waals surface area contributed by atoms with Crippen LogP contribution in [0.5, 0.6) is 0 Å². The highest BCUT2D eigenvalue weighted by atomic mass is 16.4. The quantitative estimate of drug-likeness (QED) is 0.607. The van der Waals surface area contributed by atoms with E-state index in [-0.39, 0.29) is 25.2 Å². The Morgan fingerprint density at radius 3 is 1.50 bits per heavy atom. The van der Waals surface area contributed by atoms with E-state index in [1.54, 1.807) is 13.8 Å². The molecule has 2 atom stereocenters. The third-order valence-corrected chi connectivity index (χ3v) is 2.48. The van der Waals surface area contributed by atoms with E-state index < -0.39 is 12.2 Å². The van der Waals surface area contributed by atoms with Crippen molar-refractivity contribution in [1.82, 2.24) is 9.80 Å². The summed E-state index contributed by atoms with van der Waals surface area (Å²) in [6.07, 6.45) is -1.98. The lowest BCUT2D eigenvalue weighted by Gasteiger charge is -2.41. The van der Waals surface area contributed by atoms with Crippen LogP contribution in [0.4, 0.5) is 9.59 Å². The number of nitrogens with zero attached hydrogens (tertiary/aromatic N) is 2. The maximum Gasteiger partial charge on any atom is 0.407 e. The van der Waals surface area contributed by atoms with E-state index in [1.165, 1.54) is 9.80 Å². The molecule has 0 aliphatic carbocycles. The normalized spacial score (nSPS) is 27.6. The van der Waals surface area contributed by atoms with Gasteiger partial charge in [0.25, 0.3) is 0 Å². The predicted octanol–water partition coefficient (Wildman–Crippen LogP) is 0.737. The first-order valence-electron chi connectivity index (χ1n) is 4.42. The van der Waals surface area contributed by atoms with Crippen molar-refractivity contribution in [3.63, 3.8) is 0 Å². The van der Waals surface area contributed by atoms with Crippen molar-refractivity contribution in [3.05, 3.63) is 0 Å². The molecule has 2 N–H and O–H groups in total. The van der Waals surface area contributed by atoms with Gasteiger partial charge in [0.15, 0.2) is 0 Å². The van der Waals surface area contributed by atoms with Gasteiger partial charge >= 0.3 is 12.2 Å². The molecular formula is C8H14N2O4. The molecule has 14 heavy (non-hydrogen) atoms. The highest BCUT2D eigenvalue weighted by Crippen LogP contribution is 2.15. The minimum atomic E-state index is -0.991. The lowest BCUT2D eigenvalue weighted by Crippen LogP contribution is -2.59. The number of piperazine rings is 1. The Kier molecular flexibility index (Phi) is 2.83. The van der Waals surface area contributed by atoms with Gasteiger partial charge in [-0.3, -0.25) is 0 Å². The van der Waals surface area contributed by atoms with E-state index in [9.17, 15) is 9.59 Å². The molecule has 0 radical (unpaired) electrons. The number of rotatable bonds is 0. The maximum absolute atomic E-state index is 10.7. The molecule has 6 heteroatoms. The molecular weight excluding hydrogens is 188 g/mol. The molecule has 0 aromatic carbocycles. The van der Waals surface area contributed by atoms with Crippen molar-refractivity contribution in [2.75, 3.05) is 13.1 Å². The van der Waals surface area contributed by atoms with Gasteiger partial charge in [-0.25, -0.2) is 9.59 Å². The van der Waals surface area contributed by atoms with Gasteiger partial charge in [-0.2, -0.15) is 0 Å². The number of hydrogen-bond donors (Lipinski definition) is 2. The first-order valence-corrected chi connectivity index (χ1v) is 4.42. The van der Waals surface area contributed by atoms with Crippen LogP contribution >= 0.6 is 0 Å². The summed E-state index contributed by atoms with van der Waals surface area (Å²) < 4.78 is 0. The summed E-state index contributed by atoms with van der Waals surface area (Å²) in [5.41, 5.74) is 0. The van der Waals surface area contributed by atoms with Crippen molar-refractivity contribution in [2.45, 2.75) is 25.9 Å². The second kappa shape index (κ2) is 3.73.